The summed E-state index contributed by atoms with van der Waals surface area (Å²) in [5, 5.41) is 4.38. The van der Waals surface area contributed by atoms with E-state index in [1.807, 2.05) is 19.0 Å². The molecule has 0 spiro atoms. The Morgan fingerprint density at radius 3 is 2.32 bits per heavy atom. The maximum absolute atomic E-state index is 12.8. The fourth-order valence-electron chi connectivity index (χ4n) is 2.35. The molecule has 1 heterocycles. The van der Waals surface area contributed by atoms with Gasteiger partial charge in [0.2, 0.25) is 9.84 Å². The largest absolute Gasteiger partial charge is 0.399 e. The monoisotopic (exact) mass is 322 g/mol. The molecule has 7 heteroatoms. The molecule has 0 saturated heterocycles. The summed E-state index contributed by atoms with van der Waals surface area (Å²) >= 11 is 0. The molecule has 2 aromatic rings. The van der Waals surface area contributed by atoms with Crippen LogP contribution in [0.2, 0.25) is 0 Å². The molecule has 2 N–H and O–H groups in total. The number of nitrogens with zero attached hydrogens (tertiary/aromatic N) is 3. The van der Waals surface area contributed by atoms with Crippen molar-refractivity contribution in [2.45, 2.75) is 30.2 Å². The highest BCUT2D eigenvalue weighted by molar-refractivity contribution is 7.91. The summed E-state index contributed by atoms with van der Waals surface area (Å²) in [6.45, 7) is 4.96. The van der Waals surface area contributed by atoms with Crippen molar-refractivity contribution in [1.82, 2.24) is 14.7 Å². The number of benzene rings is 1. The smallest absolute Gasteiger partial charge is 0.210 e. The van der Waals surface area contributed by atoms with Crippen molar-refractivity contribution in [3.05, 3.63) is 35.7 Å². The number of hydrogen-bond acceptors (Lipinski definition) is 5. The molecule has 0 amide bonds. The number of aromatic nitrogens is 2. The van der Waals surface area contributed by atoms with E-state index in [0.29, 0.717) is 23.6 Å². The van der Waals surface area contributed by atoms with Crippen LogP contribution in [0, 0.1) is 13.8 Å². The molecule has 0 aliphatic heterocycles. The normalized spacial score (nSPS) is 12.0. The minimum absolute atomic E-state index is 0.236. The van der Waals surface area contributed by atoms with Crippen LogP contribution < -0.4 is 5.73 Å². The van der Waals surface area contributed by atoms with E-state index in [0.717, 1.165) is 6.54 Å². The lowest BCUT2D eigenvalue weighted by Gasteiger charge is -2.11. The number of sulfone groups is 1. The predicted molar refractivity (Wildman–Crippen MR) is 86.6 cm³/mol. The minimum atomic E-state index is -3.59. The van der Waals surface area contributed by atoms with E-state index in [9.17, 15) is 8.42 Å². The lowest BCUT2D eigenvalue weighted by molar-refractivity contribution is 0.370. The van der Waals surface area contributed by atoms with Gasteiger partial charge in [-0.05, 0) is 52.2 Å². The highest BCUT2D eigenvalue weighted by atomic mass is 32.2. The molecule has 0 unspecified atom stereocenters. The van der Waals surface area contributed by atoms with Crippen LogP contribution in [-0.2, 0) is 16.4 Å². The first-order valence-electron chi connectivity index (χ1n) is 7.03. The topological polar surface area (TPSA) is 81.2 Å². The SMILES string of the molecule is Cc1nn(CCN(C)C)c(C)c1S(=O)(=O)c1ccc(N)cc1. The third kappa shape index (κ3) is 3.15. The van der Waals surface area contributed by atoms with E-state index in [2.05, 4.69) is 5.10 Å². The summed E-state index contributed by atoms with van der Waals surface area (Å²) < 4.78 is 27.4. The summed E-state index contributed by atoms with van der Waals surface area (Å²) in [6, 6.07) is 6.24. The minimum Gasteiger partial charge on any atom is -0.399 e. The molecule has 0 saturated carbocycles. The second-order valence-electron chi connectivity index (χ2n) is 5.60. The van der Waals surface area contributed by atoms with Crippen LogP contribution in [0.25, 0.3) is 0 Å². The van der Waals surface area contributed by atoms with Crippen molar-refractivity contribution in [3.8, 4) is 0 Å². The molecule has 6 nitrogen and oxygen atoms in total. The zero-order chi connectivity index (χ0) is 16.5. The zero-order valence-corrected chi connectivity index (χ0v) is 14.2. The van der Waals surface area contributed by atoms with Gasteiger partial charge < -0.3 is 10.6 Å². The van der Waals surface area contributed by atoms with Gasteiger partial charge in [-0.25, -0.2) is 8.42 Å². The molecule has 0 aliphatic rings. The fraction of sp³-hybridized carbons (Fsp3) is 0.400. The van der Waals surface area contributed by atoms with Gasteiger partial charge in [0.25, 0.3) is 0 Å². The molecule has 0 radical (unpaired) electrons. The average molecular weight is 322 g/mol. The van der Waals surface area contributed by atoms with E-state index >= 15 is 0 Å². The van der Waals surface area contributed by atoms with Gasteiger partial charge in [0.1, 0.15) is 4.90 Å². The Hall–Kier alpha value is -1.86. The van der Waals surface area contributed by atoms with E-state index in [1.165, 1.54) is 12.1 Å². The number of aryl methyl sites for hydroxylation is 1. The molecule has 1 aromatic heterocycles. The molecule has 22 heavy (non-hydrogen) atoms. The lowest BCUT2D eigenvalue weighted by atomic mass is 10.3. The Morgan fingerprint density at radius 1 is 1.18 bits per heavy atom. The van der Waals surface area contributed by atoms with E-state index in [4.69, 9.17) is 5.73 Å². The highest BCUT2D eigenvalue weighted by Gasteiger charge is 2.26. The molecular formula is C15H22N4O2S. The van der Waals surface area contributed by atoms with Gasteiger partial charge in [-0.2, -0.15) is 5.10 Å². The number of nitrogens with two attached hydrogens (primary N) is 1. The van der Waals surface area contributed by atoms with Gasteiger partial charge in [0, 0.05) is 12.2 Å². The van der Waals surface area contributed by atoms with Crippen LogP contribution in [0.4, 0.5) is 5.69 Å². The maximum Gasteiger partial charge on any atom is 0.210 e. The molecule has 0 bridgehead atoms. The molecule has 120 valence electrons. The molecule has 0 atom stereocenters. The Balaban J connectivity index is 2.45. The highest BCUT2D eigenvalue weighted by Crippen LogP contribution is 2.27. The number of rotatable bonds is 5. The van der Waals surface area contributed by atoms with Crippen molar-refractivity contribution in [2.75, 3.05) is 26.4 Å². The summed E-state index contributed by atoms with van der Waals surface area (Å²) in [7, 11) is 0.353. The third-order valence-corrected chi connectivity index (χ3v) is 5.55. The summed E-state index contributed by atoms with van der Waals surface area (Å²) in [5.41, 5.74) is 7.35. The fourth-order valence-corrected chi connectivity index (χ4v) is 4.00. The van der Waals surface area contributed by atoms with Crippen molar-refractivity contribution in [3.63, 3.8) is 0 Å². The lowest BCUT2D eigenvalue weighted by Crippen LogP contribution is -2.19. The average Bonchev–Trinajstić information content (AvgIpc) is 2.72. The Bertz CT molecular complexity index is 762. The van der Waals surface area contributed by atoms with E-state index in [-0.39, 0.29) is 9.79 Å². The summed E-state index contributed by atoms with van der Waals surface area (Å²) in [6.07, 6.45) is 0. The number of nitrogen functional groups attached to an aromatic ring is 1. The van der Waals surface area contributed by atoms with Gasteiger partial charge in [-0.3, -0.25) is 4.68 Å². The quantitative estimate of drug-likeness (QED) is 0.843. The molecule has 1 aromatic carbocycles. The van der Waals surface area contributed by atoms with Crippen LogP contribution in [0.15, 0.2) is 34.1 Å². The van der Waals surface area contributed by atoms with Crippen molar-refractivity contribution in [2.24, 2.45) is 0 Å². The van der Waals surface area contributed by atoms with Gasteiger partial charge >= 0.3 is 0 Å². The van der Waals surface area contributed by atoms with Crippen LogP contribution in [0.5, 0.6) is 0 Å². The Kier molecular flexibility index (Phi) is 4.58. The van der Waals surface area contributed by atoms with Crippen molar-refractivity contribution < 1.29 is 8.42 Å². The third-order valence-electron chi connectivity index (χ3n) is 3.53. The van der Waals surface area contributed by atoms with E-state index in [1.54, 1.807) is 30.7 Å². The van der Waals surface area contributed by atoms with Crippen LogP contribution in [-0.4, -0.2) is 43.7 Å². The first-order chi connectivity index (χ1) is 10.2. The Morgan fingerprint density at radius 2 is 1.77 bits per heavy atom. The van der Waals surface area contributed by atoms with Crippen LogP contribution >= 0.6 is 0 Å². The molecular weight excluding hydrogens is 300 g/mol. The summed E-state index contributed by atoms with van der Waals surface area (Å²) in [5.74, 6) is 0. The van der Waals surface area contributed by atoms with Gasteiger partial charge in [-0.15, -0.1) is 0 Å². The molecule has 0 fully saturated rings. The summed E-state index contributed by atoms with van der Waals surface area (Å²) in [4.78, 5) is 2.56. The van der Waals surface area contributed by atoms with E-state index < -0.39 is 9.84 Å². The van der Waals surface area contributed by atoms with Crippen LogP contribution in [0.1, 0.15) is 11.4 Å². The molecule has 0 aliphatic carbocycles. The molecule has 2 rings (SSSR count). The number of anilines is 1. The maximum atomic E-state index is 12.8. The van der Waals surface area contributed by atoms with Gasteiger partial charge in [0.05, 0.1) is 22.8 Å². The first-order valence-corrected chi connectivity index (χ1v) is 8.51. The van der Waals surface area contributed by atoms with Gasteiger partial charge in [-0.1, -0.05) is 0 Å². The predicted octanol–water partition coefficient (Wildman–Crippen LogP) is 1.48. The van der Waals surface area contributed by atoms with Crippen LogP contribution in [0.3, 0.4) is 0 Å². The number of likely N-dealkylation sites (N-methyl/N-ethyl adjacent to an activating group) is 1. The second kappa shape index (κ2) is 6.10. The standard InChI is InChI=1S/C15H22N4O2S/c1-11-15(12(2)19(17-11)10-9-18(3)4)22(20,21)14-7-5-13(16)6-8-14/h5-8H,9-10,16H2,1-4H3. The van der Waals surface area contributed by atoms with Crippen molar-refractivity contribution in [1.29, 1.82) is 0 Å². The second-order valence-corrected chi connectivity index (χ2v) is 7.49. The number of hydrogen-bond donors (Lipinski definition) is 1. The Labute approximate surface area is 131 Å². The first kappa shape index (κ1) is 16.5. The zero-order valence-electron chi connectivity index (χ0n) is 13.4. The van der Waals surface area contributed by atoms with Crippen molar-refractivity contribution >= 4 is 15.5 Å². The van der Waals surface area contributed by atoms with Gasteiger partial charge in [0.15, 0.2) is 0 Å².